The van der Waals surface area contributed by atoms with Gasteiger partial charge in [0.15, 0.2) is 0 Å². The molecule has 0 heterocycles. The highest BCUT2D eigenvalue weighted by atomic mass is 35.5. The molecule has 0 aromatic heterocycles. The highest BCUT2D eigenvalue weighted by Crippen LogP contribution is 2.42. The van der Waals surface area contributed by atoms with Crippen LogP contribution in [0.1, 0.15) is 48.3 Å². The van der Waals surface area contributed by atoms with Gasteiger partial charge in [-0.05, 0) is 47.6 Å². The van der Waals surface area contributed by atoms with E-state index in [1.54, 1.807) is 0 Å². The molecule has 0 saturated carbocycles. The second-order valence-electron chi connectivity index (χ2n) is 5.33. The third-order valence-electron chi connectivity index (χ3n) is 4.14. The van der Waals surface area contributed by atoms with Gasteiger partial charge < -0.3 is 0 Å². The second kappa shape index (κ2) is 5.19. The lowest BCUT2D eigenvalue weighted by Crippen LogP contribution is -2.13. The Labute approximate surface area is 124 Å². The van der Waals surface area contributed by atoms with E-state index in [4.69, 9.17) is 23.2 Å². The molecule has 19 heavy (non-hydrogen) atoms. The SMILES string of the molecule is CC1CC[C@H](c2ccc(Cl)c(Cl)c2)c2ccccc21. The van der Waals surface area contributed by atoms with Crippen LogP contribution >= 0.6 is 23.2 Å². The summed E-state index contributed by atoms with van der Waals surface area (Å²) >= 11 is 12.2. The Bertz CT molecular complexity index is 604. The van der Waals surface area contributed by atoms with Crippen LogP contribution in [0.3, 0.4) is 0 Å². The summed E-state index contributed by atoms with van der Waals surface area (Å²) in [4.78, 5) is 0. The summed E-state index contributed by atoms with van der Waals surface area (Å²) in [5.74, 6) is 1.09. The van der Waals surface area contributed by atoms with Gasteiger partial charge in [0.05, 0.1) is 10.0 Å². The van der Waals surface area contributed by atoms with E-state index >= 15 is 0 Å². The molecular weight excluding hydrogens is 275 g/mol. The van der Waals surface area contributed by atoms with Crippen molar-refractivity contribution in [2.24, 2.45) is 0 Å². The summed E-state index contributed by atoms with van der Waals surface area (Å²) in [6.07, 6.45) is 2.40. The second-order valence-corrected chi connectivity index (χ2v) is 6.15. The van der Waals surface area contributed by atoms with Gasteiger partial charge >= 0.3 is 0 Å². The molecule has 1 aliphatic carbocycles. The van der Waals surface area contributed by atoms with Gasteiger partial charge in [-0.3, -0.25) is 0 Å². The van der Waals surface area contributed by atoms with Crippen LogP contribution in [0.5, 0.6) is 0 Å². The van der Waals surface area contributed by atoms with Gasteiger partial charge in [0.2, 0.25) is 0 Å². The van der Waals surface area contributed by atoms with E-state index in [0.717, 1.165) is 0 Å². The summed E-state index contributed by atoms with van der Waals surface area (Å²) in [6, 6.07) is 14.8. The molecule has 0 bridgehead atoms. The standard InChI is InChI=1S/C17H16Cl2/c1-11-6-8-14(15-5-3-2-4-13(11)15)12-7-9-16(18)17(19)10-12/h2-5,7,9-11,14H,6,8H2,1H3/t11?,14-/m1/s1. The van der Waals surface area contributed by atoms with Crippen molar-refractivity contribution in [3.8, 4) is 0 Å². The van der Waals surface area contributed by atoms with Gasteiger partial charge in [-0.15, -0.1) is 0 Å². The first-order valence-electron chi connectivity index (χ1n) is 6.70. The molecular formula is C17H16Cl2. The van der Waals surface area contributed by atoms with Gasteiger partial charge in [-0.2, -0.15) is 0 Å². The molecule has 0 N–H and O–H groups in total. The number of benzene rings is 2. The summed E-state index contributed by atoms with van der Waals surface area (Å²) in [7, 11) is 0. The first kappa shape index (κ1) is 13.0. The van der Waals surface area contributed by atoms with E-state index in [2.05, 4.69) is 37.3 Å². The van der Waals surface area contributed by atoms with E-state index in [1.807, 2.05) is 12.1 Å². The fourth-order valence-electron chi connectivity index (χ4n) is 3.08. The zero-order valence-electron chi connectivity index (χ0n) is 10.9. The fourth-order valence-corrected chi connectivity index (χ4v) is 3.39. The van der Waals surface area contributed by atoms with Crippen molar-refractivity contribution < 1.29 is 0 Å². The lowest BCUT2D eigenvalue weighted by atomic mass is 9.75. The molecule has 0 spiro atoms. The normalized spacial score (nSPS) is 22.1. The van der Waals surface area contributed by atoms with Gasteiger partial charge in [0, 0.05) is 5.92 Å². The minimum atomic E-state index is 0.446. The fraction of sp³-hybridized carbons (Fsp3) is 0.294. The lowest BCUT2D eigenvalue weighted by molar-refractivity contribution is 0.545. The van der Waals surface area contributed by atoms with E-state index < -0.39 is 0 Å². The van der Waals surface area contributed by atoms with Crippen molar-refractivity contribution in [1.82, 2.24) is 0 Å². The highest BCUT2D eigenvalue weighted by Gasteiger charge is 2.25. The van der Waals surface area contributed by atoms with Gasteiger partial charge in [0.25, 0.3) is 0 Å². The Balaban J connectivity index is 2.07. The third kappa shape index (κ3) is 2.40. The maximum Gasteiger partial charge on any atom is 0.0595 e. The molecule has 0 amide bonds. The zero-order valence-corrected chi connectivity index (χ0v) is 12.4. The van der Waals surface area contributed by atoms with Gasteiger partial charge in [-0.25, -0.2) is 0 Å². The largest absolute Gasteiger partial charge is 0.0827 e. The number of hydrogen-bond acceptors (Lipinski definition) is 0. The van der Waals surface area contributed by atoms with Crippen LogP contribution in [0.4, 0.5) is 0 Å². The van der Waals surface area contributed by atoms with Crippen LogP contribution in [0.2, 0.25) is 10.0 Å². The molecule has 2 heteroatoms. The smallest absolute Gasteiger partial charge is 0.0595 e. The van der Waals surface area contributed by atoms with Gasteiger partial charge in [-0.1, -0.05) is 60.5 Å². The van der Waals surface area contributed by atoms with Gasteiger partial charge in [0.1, 0.15) is 0 Å². The molecule has 2 atom stereocenters. The number of halogens is 2. The van der Waals surface area contributed by atoms with Crippen LogP contribution in [0.25, 0.3) is 0 Å². The maximum absolute atomic E-state index is 6.16. The zero-order chi connectivity index (χ0) is 13.4. The Morgan fingerprint density at radius 3 is 2.37 bits per heavy atom. The van der Waals surface area contributed by atoms with Crippen LogP contribution in [-0.2, 0) is 0 Å². The molecule has 0 radical (unpaired) electrons. The third-order valence-corrected chi connectivity index (χ3v) is 4.88. The summed E-state index contributed by atoms with van der Waals surface area (Å²) in [6.45, 7) is 2.31. The Hall–Kier alpha value is -0.980. The number of fused-ring (bicyclic) bond motifs is 1. The molecule has 2 aromatic rings. The molecule has 0 nitrogen and oxygen atoms in total. The molecule has 1 unspecified atom stereocenters. The summed E-state index contributed by atoms with van der Waals surface area (Å²) in [5.41, 5.74) is 4.19. The van der Waals surface area contributed by atoms with E-state index in [1.165, 1.54) is 29.5 Å². The highest BCUT2D eigenvalue weighted by molar-refractivity contribution is 6.42. The Morgan fingerprint density at radius 1 is 0.895 bits per heavy atom. The average Bonchev–Trinajstić information content (AvgIpc) is 2.43. The van der Waals surface area contributed by atoms with E-state index in [-0.39, 0.29) is 0 Å². The first-order chi connectivity index (χ1) is 9.16. The first-order valence-corrected chi connectivity index (χ1v) is 7.46. The molecule has 3 rings (SSSR count). The minimum Gasteiger partial charge on any atom is -0.0827 e. The van der Waals surface area contributed by atoms with Crippen molar-refractivity contribution in [3.63, 3.8) is 0 Å². The average molecular weight is 291 g/mol. The number of rotatable bonds is 1. The van der Waals surface area contributed by atoms with Crippen molar-refractivity contribution in [2.75, 3.05) is 0 Å². The quantitative estimate of drug-likeness (QED) is 0.602. The topological polar surface area (TPSA) is 0 Å². The van der Waals surface area contributed by atoms with Crippen LogP contribution < -0.4 is 0 Å². The van der Waals surface area contributed by atoms with Crippen LogP contribution in [0, 0.1) is 0 Å². The Morgan fingerprint density at radius 2 is 1.63 bits per heavy atom. The van der Waals surface area contributed by atoms with Crippen molar-refractivity contribution in [2.45, 2.75) is 31.6 Å². The lowest BCUT2D eigenvalue weighted by Gasteiger charge is -2.30. The molecule has 98 valence electrons. The minimum absolute atomic E-state index is 0.446. The molecule has 2 aromatic carbocycles. The molecule has 1 aliphatic rings. The van der Waals surface area contributed by atoms with Crippen LogP contribution in [0.15, 0.2) is 42.5 Å². The van der Waals surface area contributed by atoms with E-state index in [9.17, 15) is 0 Å². The molecule has 0 saturated heterocycles. The van der Waals surface area contributed by atoms with E-state index in [0.29, 0.717) is 21.9 Å². The summed E-state index contributed by atoms with van der Waals surface area (Å²) < 4.78 is 0. The molecule has 0 aliphatic heterocycles. The Kier molecular flexibility index (Phi) is 3.56. The van der Waals surface area contributed by atoms with Crippen molar-refractivity contribution in [1.29, 1.82) is 0 Å². The van der Waals surface area contributed by atoms with Crippen LogP contribution in [-0.4, -0.2) is 0 Å². The monoisotopic (exact) mass is 290 g/mol. The van der Waals surface area contributed by atoms with Crippen molar-refractivity contribution >= 4 is 23.2 Å². The molecule has 0 fully saturated rings. The predicted molar refractivity (Wildman–Crippen MR) is 82.4 cm³/mol. The summed E-state index contributed by atoms with van der Waals surface area (Å²) in [5, 5.41) is 1.28. The maximum atomic E-state index is 6.16. The van der Waals surface area contributed by atoms with Crippen molar-refractivity contribution in [3.05, 3.63) is 69.2 Å². The predicted octanol–water partition coefficient (Wildman–Crippen LogP) is 6.02. The number of hydrogen-bond donors (Lipinski definition) is 0.